The molecule has 20 heavy (non-hydrogen) atoms. The van der Waals surface area contributed by atoms with E-state index in [9.17, 15) is 13.6 Å². The summed E-state index contributed by atoms with van der Waals surface area (Å²) in [6.07, 6.45) is 0.157. The van der Waals surface area contributed by atoms with Crippen molar-refractivity contribution in [2.45, 2.75) is 25.4 Å². The second-order valence-electron chi connectivity index (χ2n) is 4.43. The molecule has 2 atom stereocenters. The molecule has 7 heteroatoms. The smallest absolute Gasteiger partial charge is 0.222 e. The molecule has 0 saturated carbocycles. The number of rotatable bonds is 6. The van der Waals surface area contributed by atoms with E-state index in [1.807, 2.05) is 0 Å². The molecule has 0 aliphatic carbocycles. The Balaban J connectivity index is 0.00000361. The molecule has 4 nitrogen and oxygen atoms in total. The quantitative estimate of drug-likeness (QED) is 0.844. The third-order valence-electron chi connectivity index (χ3n) is 2.52. The first-order valence-electron chi connectivity index (χ1n) is 5.93. The zero-order chi connectivity index (χ0) is 14.4. The van der Waals surface area contributed by atoms with Crippen LogP contribution in [0, 0.1) is 11.6 Å². The highest BCUT2D eigenvalue weighted by Gasteiger charge is 2.17. The Hall–Kier alpha value is -1.24. The molecule has 0 bridgehead atoms. The summed E-state index contributed by atoms with van der Waals surface area (Å²) in [5.74, 6) is -2.15. The van der Waals surface area contributed by atoms with Gasteiger partial charge in [0.25, 0.3) is 0 Å². The van der Waals surface area contributed by atoms with E-state index in [1.165, 1.54) is 13.2 Å². The van der Waals surface area contributed by atoms with Crippen LogP contribution < -0.4 is 11.1 Å². The van der Waals surface area contributed by atoms with Gasteiger partial charge in [0.15, 0.2) is 11.6 Å². The SMILES string of the molecule is COCC(NC(=O)CC(C)N)c1ccc(F)c(F)c1.Cl. The van der Waals surface area contributed by atoms with Gasteiger partial charge >= 0.3 is 0 Å². The Morgan fingerprint density at radius 1 is 1.40 bits per heavy atom. The standard InChI is InChI=1S/C13H18F2N2O2.ClH/c1-8(16)5-13(18)17-12(7-19-2)9-3-4-10(14)11(15)6-9;/h3-4,6,8,12H,5,7,16H2,1-2H3,(H,17,18);1H. The lowest BCUT2D eigenvalue weighted by Crippen LogP contribution is -2.34. The van der Waals surface area contributed by atoms with Crippen LogP contribution in [0.25, 0.3) is 0 Å². The molecule has 0 aliphatic rings. The summed E-state index contributed by atoms with van der Waals surface area (Å²) in [4.78, 5) is 11.6. The van der Waals surface area contributed by atoms with Gasteiger partial charge in [-0.1, -0.05) is 6.07 Å². The Morgan fingerprint density at radius 2 is 2.05 bits per heavy atom. The number of nitrogens with two attached hydrogens (primary N) is 1. The van der Waals surface area contributed by atoms with Crippen molar-refractivity contribution in [3.63, 3.8) is 0 Å². The fourth-order valence-corrected chi connectivity index (χ4v) is 1.66. The Kier molecular flexibility index (Phi) is 8.29. The van der Waals surface area contributed by atoms with Crippen LogP contribution in [0.4, 0.5) is 8.78 Å². The molecule has 0 spiro atoms. The molecule has 1 aromatic carbocycles. The summed E-state index contributed by atoms with van der Waals surface area (Å²) in [5.41, 5.74) is 5.97. The minimum absolute atomic E-state index is 0. The third-order valence-corrected chi connectivity index (χ3v) is 2.52. The second kappa shape index (κ2) is 8.84. The van der Waals surface area contributed by atoms with Crippen molar-refractivity contribution in [2.75, 3.05) is 13.7 Å². The highest BCUT2D eigenvalue weighted by atomic mass is 35.5. The maximum Gasteiger partial charge on any atom is 0.222 e. The molecular weight excluding hydrogens is 290 g/mol. The lowest BCUT2D eigenvalue weighted by molar-refractivity contribution is -0.122. The fraction of sp³-hybridized carbons (Fsp3) is 0.462. The van der Waals surface area contributed by atoms with E-state index in [-0.39, 0.29) is 37.4 Å². The summed E-state index contributed by atoms with van der Waals surface area (Å²) in [6.45, 7) is 1.87. The highest BCUT2D eigenvalue weighted by Crippen LogP contribution is 2.17. The van der Waals surface area contributed by atoms with Gasteiger partial charge in [0.2, 0.25) is 5.91 Å². The summed E-state index contributed by atoms with van der Waals surface area (Å²) in [5, 5.41) is 2.68. The Bertz CT molecular complexity index is 444. The van der Waals surface area contributed by atoms with Gasteiger partial charge in [0, 0.05) is 19.6 Å². The van der Waals surface area contributed by atoms with Crippen LogP contribution in [0.3, 0.4) is 0 Å². The maximum absolute atomic E-state index is 13.2. The van der Waals surface area contributed by atoms with E-state index in [0.29, 0.717) is 5.56 Å². The van der Waals surface area contributed by atoms with Crippen molar-refractivity contribution >= 4 is 18.3 Å². The molecule has 114 valence electrons. The number of carbonyl (C=O) groups is 1. The first-order valence-corrected chi connectivity index (χ1v) is 5.93. The van der Waals surface area contributed by atoms with E-state index >= 15 is 0 Å². The number of carbonyl (C=O) groups excluding carboxylic acids is 1. The van der Waals surface area contributed by atoms with Crippen LogP contribution in [0.2, 0.25) is 0 Å². The van der Waals surface area contributed by atoms with Crippen molar-refractivity contribution < 1.29 is 18.3 Å². The van der Waals surface area contributed by atoms with Crippen LogP contribution in [0.15, 0.2) is 18.2 Å². The molecule has 0 fully saturated rings. The monoisotopic (exact) mass is 308 g/mol. The summed E-state index contributed by atoms with van der Waals surface area (Å²) in [7, 11) is 1.46. The number of hydrogen-bond donors (Lipinski definition) is 2. The topological polar surface area (TPSA) is 64.3 Å². The fourth-order valence-electron chi connectivity index (χ4n) is 1.66. The maximum atomic E-state index is 13.2. The first kappa shape index (κ1) is 18.8. The van der Waals surface area contributed by atoms with Gasteiger partial charge in [-0.3, -0.25) is 4.79 Å². The average molecular weight is 309 g/mol. The van der Waals surface area contributed by atoms with Crippen LogP contribution in [0.1, 0.15) is 24.9 Å². The number of hydrogen-bond acceptors (Lipinski definition) is 3. The van der Waals surface area contributed by atoms with Crippen molar-refractivity contribution in [1.82, 2.24) is 5.32 Å². The van der Waals surface area contributed by atoms with Gasteiger partial charge in [0.1, 0.15) is 0 Å². The molecule has 0 radical (unpaired) electrons. The molecule has 0 heterocycles. The molecule has 2 unspecified atom stereocenters. The largest absolute Gasteiger partial charge is 0.382 e. The molecule has 1 amide bonds. The minimum atomic E-state index is -0.958. The van der Waals surface area contributed by atoms with Crippen LogP contribution >= 0.6 is 12.4 Å². The molecule has 0 aliphatic heterocycles. The molecule has 1 aromatic rings. The van der Waals surface area contributed by atoms with Crippen LogP contribution in [-0.2, 0) is 9.53 Å². The molecule has 0 saturated heterocycles. The average Bonchev–Trinajstić information content (AvgIpc) is 2.31. The summed E-state index contributed by atoms with van der Waals surface area (Å²) >= 11 is 0. The van der Waals surface area contributed by atoms with Gasteiger partial charge < -0.3 is 15.8 Å². The predicted molar refractivity (Wildman–Crippen MR) is 74.6 cm³/mol. The van der Waals surface area contributed by atoms with Crippen LogP contribution in [-0.4, -0.2) is 25.7 Å². The highest BCUT2D eigenvalue weighted by molar-refractivity contribution is 5.85. The number of nitrogens with one attached hydrogen (secondary N) is 1. The minimum Gasteiger partial charge on any atom is -0.382 e. The van der Waals surface area contributed by atoms with E-state index in [4.69, 9.17) is 10.5 Å². The summed E-state index contributed by atoms with van der Waals surface area (Å²) < 4.78 is 31.0. The zero-order valence-corrected chi connectivity index (χ0v) is 12.2. The lowest BCUT2D eigenvalue weighted by Gasteiger charge is -2.19. The van der Waals surface area contributed by atoms with E-state index in [0.717, 1.165) is 12.1 Å². The summed E-state index contributed by atoms with van der Waals surface area (Å²) in [6, 6.07) is 2.67. The molecule has 0 aromatic heterocycles. The van der Waals surface area contributed by atoms with Gasteiger partial charge in [-0.25, -0.2) is 8.78 Å². The number of methoxy groups -OCH3 is 1. The lowest BCUT2D eigenvalue weighted by atomic mass is 10.1. The second-order valence-corrected chi connectivity index (χ2v) is 4.43. The van der Waals surface area contributed by atoms with E-state index in [1.54, 1.807) is 6.92 Å². The van der Waals surface area contributed by atoms with Crippen molar-refractivity contribution in [1.29, 1.82) is 0 Å². The normalized spacial score (nSPS) is 13.2. The Morgan fingerprint density at radius 3 is 2.55 bits per heavy atom. The van der Waals surface area contributed by atoms with Gasteiger partial charge in [-0.05, 0) is 24.6 Å². The van der Waals surface area contributed by atoms with Crippen molar-refractivity contribution in [3.05, 3.63) is 35.4 Å². The first-order chi connectivity index (χ1) is 8.93. The van der Waals surface area contributed by atoms with E-state index in [2.05, 4.69) is 5.32 Å². The van der Waals surface area contributed by atoms with E-state index < -0.39 is 17.7 Å². The van der Waals surface area contributed by atoms with Gasteiger partial charge in [-0.2, -0.15) is 0 Å². The number of benzene rings is 1. The zero-order valence-electron chi connectivity index (χ0n) is 11.4. The number of ether oxygens (including phenoxy) is 1. The molecular formula is C13H19ClF2N2O2. The number of halogens is 3. The number of amides is 1. The van der Waals surface area contributed by atoms with Gasteiger partial charge in [0.05, 0.1) is 12.6 Å². The molecule has 1 rings (SSSR count). The van der Waals surface area contributed by atoms with Crippen molar-refractivity contribution in [2.24, 2.45) is 5.73 Å². The third kappa shape index (κ3) is 5.81. The molecule has 3 N–H and O–H groups in total. The Labute approximate surface area is 123 Å². The predicted octanol–water partition coefficient (Wildman–Crippen LogP) is 1.93. The van der Waals surface area contributed by atoms with Gasteiger partial charge in [-0.15, -0.1) is 12.4 Å². The van der Waals surface area contributed by atoms with Crippen LogP contribution in [0.5, 0.6) is 0 Å². The van der Waals surface area contributed by atoms with Crippen molar-refractivity contribution in [3.8, 4) is 0 Å².